The van der Waals surface area contributed by atoms with Gasteiger partial charge in [0.1, 0.15) is 5.82 Å². The van der Waals surface area contributed by atoms with Crippen molar-refractivity contribution in [1.82, 2.24) is 9.97 Å². The highest BCUT2D eigenvalue weighted by molar-refractivity contribution is 5.38. The van der Waals surface area contributed by atoms with Crippen LogP contribution in [0.2, 0.25) is 0 Å². The van der Waals surface area contributed by atoms with Crippen LogP contribution >= 0.6 is 0 Å². The summed E-state index contributed by atoms with van der Waals surface area (Å²) in [5, 5.41) is 3.23. The molecule has 2 aromatic rings. The Morgan fingerprint density at radius 3 is 2.89 bits per heavy atom. The third-order valence-corrected chi connectivity index (χ3v) is 2.45. The Morgan fingerprint density at radius 2 is 2.11 bits per heavy atom. The fraction of sp³-hybridized carbons (Fsp3) is 0.286. The van der Waals surface area contributed by atoms with Gasteiger partial charge in [0.2, 0.25) is 5.88 Å². The lowest BCUT2D eigenvalue weighted by molar-refractivity contribution is 0.457. The summed E-state index contributed by atoms with van der Waals surface area (Å²) in [5.74, 6) is 2.14. The summed E-state index contributed by atoms with van der Waals surface area (Å²) >= 11 is 0. The summed E-state index contributed by atoms with van der Waals surface area (Å²) in [5.41, 5.74) is 0.853. The van der Waals surface area contributed by atoms with Gasteiger partial charge in [-0.3, -0.25) is 4.98 Å². The largest absolute Gasteiger partial charge is 0.437 e. The molecule has 1 N–H and O–H groups in total. The average Bonchev–Trinajstić information content (AvgIpc) is 2.40. The van der Waals surface area contributed by atoms with Gasteiger partial charge in [-0.25, -0.2) is 0 Å². The Kier molecular flexibility index (Phi) is 4.12. The number of ether oxygens (including phenoxy) is 1. The predicted molar refractivity (Wildman–Crippen MR) is 72.1 cm³/mol. The van der Waals surface area contributed by atoms with Crippen molar-refractivity contribution in [3.8, 4) is 11.6 Å². The molecule has 0 atom stereocenters. The first-order chi connectivity index (χ1) is 8.79. The molecule has 0 radical (unpaired) electrons. The SMILES string of the molecule is CCCNc1cccc(Oc2cccnc2C)n1. The van der Waals surface area contributed by atoms with Crippen molar-refractivity contribution >= 4 is 5.82 Å². The summed E-state index contributed by atoms with van der Waals surface area (Å²) in [4.78, 5) is 8.56. The Labute approximate surface area is 107 Å². The van der Waals surface area contributed by atoms with Gasteiger partial charge in [0.05, 0.1) is 5.69 Å². The van der Waals surface area contributed by atoms with Crippen LogP contribution in [-0.4, -0.2) is 16.5 Å². The second kappa shape index (κ2) is 6.00. The van der Waals surface area contributed by atoms with Crippen molar-refractivity contribution in [3.63, 3.8) is 0 Å². The Balaban J connectivity index is 2.12. The highest BCUT2D eigenvalue weighted by atomic mass is 16.5. The van der Waals surface area contributed by atoms with E-state index in [1.54, 1.807) is 6.20 Å². The third kappa shape index (κ3) is 3.20. The number of hydrogen-bond acceptors (Lipinski definition) is 4. The van der Waals surface area contributed by atoms with Gasteiger partial charge >= 0.3 is 0 Å². The van der Waals surface area contributed by atoms with E-state index in [9.17, 15) is 0 Å². The lowest BCUT2D eigenvalue weighted by atomic mass is 10.3. The van der Waals surface area contributed by atoms with Crippen LogP contribution in [-0.2, 0) is 0 Å². The highest BCUT2D eigenvalue weighted by Crippen LogP contribution is 2.22. The first-order valence-electron chi connectivity index (χ1n) is 6.10. The van der Waals surface area contributed by atoms with E-state index in [-0.39, 0.29) is 0 Å². The average molecular weight is 243 g/mol. The molecular weight excluding hydrogens is 226 g/mol. The molecule has 0 unspecified atom stereocenters. The van der Waals surface area contributed by atoms with E-state index >= 15 is 0 Å². The summed E-state index contributed by atoms with van der Waals surface area (Å²) in [7, 11) is 0. The summed E-state index contributed by atoms with van der Waals surface area (Å²) in [6, 6.07) is 9.42. The van der Waals surface area contributed by atoms with Crippen molar-refractivity contribution in [1.29, 1.82) is 0 Å². The van der Waals surface area contributed by atoms with Gasteiger partial charge in [0.25, 0.3) is 0 Å². The molecule has 18 heavy (non-hydrogen) atoms. The van der Waals surface area contributed by atoms with Crippen LogP contribution in [0, 0.1) is 6.92 Å². The zero-order chi connectivity index (χ0) is 12.8. The molecule has 2 aromatic heterocycles. The molecule has 0 saturated carbocycles. The second-order valence-corrected chi connectivity index (χ2v) is 3.98. The Hall–Kier alpha value is -2.10. The molecule has 0 aliphatic rings. The van der Waals surface area contributed by atoms with Gasteiger partial charge in [0, 0.05) is 18.8 Å². The van der Waals surface area contributed by atoms with E-state index in [1.165, 1.54) is 0 Å². The molecule has 0 amide bonds. The number of aromatic nitrogens is 2. The van der Waals surface area contributed by atoms with Gasteiger partial charge in [-0.15, -0.1) is 0 Å². The third-order valence-electron chi connectivity index (χ3n) is 2.45. The van der Waals surface area contributed by atoms with E-state index in [1.807, 2.05) is 37.3 Å². The summed E-state index contributed by atoms with van der Waals surface area (Å²) < 4.78 is 5.72. The Bertz CT molecular complexity index is 514. The van der Waals surface area contributed by atoms with Gasteiger partial charge in [-0.05, 0) is 31.5 Å². The molecule has 0 aromatic carbocycles. The molecule has 0 saturated heterocycles. The molecule has 94 valence electrons. The highest BCUT2D eigenvalue weighted by Gasteiger charge is 2.03. The first-order valence-corrected chi connectivity index (χ1v) is 6.10. The second-order valence-electron chi connectivity index (χ2n) is 3.98. The molecule has 2 heterocycles. The van der Waals surface area contributed by atoms with E-state index in [0.29, 0.717) is 5.88 Å². The molecule has 0 spiro atoms. The van der Waals surface area contributed by atoms with Crippen LogP contribution in [0.1, 0.15) is 19.0 Å². The standard InChI is InChI=1S/C14H17N3O/c1-3-9-16-13-7-4-8-14(17-13)18-12-6-5-10-15-11(12)2/h4-8,10H,3,9H2,1-2H3,(H,16,17). The molecule has 4 nitrogen and oxygen atoms in total. The van der Waals surface area contributed by atoms with Crippen LogP contribution < -0.4 is 10.1 Å². The summed E-state index contributed by atoms with van der Waals surface area (Å²) in [6.07, 6.45) is 2.81. The maximum atomic E-state index is 5.72. The van der Waals surface area contributed by atoms with Crippen molar-refractivity contribution in [2.75, 3.05) is 11.9 Å². The van der Waals surface area contributed by atoms with E-state index in [2.05, 4.69) is 22.2 Å². The Morgan fingerprint density at radius 1 is 1.22 bits per heavy atom. The van der Waals surface area contributed by atoms with Gasteiger partial charge in [-0.1, -0.05) is 13.0 Å². The number of nitrogens with zero attached hydrogens (tertiary/aromatic N) is 2. The smallest absolute Gasteiger partial charge is 0.221 e. The van der Waals surface area contributed by atoms with E-state index in [0.717, 1.165) is 30.2 Å². The molecule has 0 fully saturated rings. The van der Waals surface area contributed by atoms with Gasteiger partial charge in [0.15, 0.2) is 5.75 Å². The van der Waals surface area contributed by atoms with Crippen LogP contribution in [0.3, 0.4) is 0 Å². The van der Waals surface area contributed by atoms with Crippen LogP contribution in [0.4, 0.5) is 5.82 Å². The molecule has 2 rings (SSSR count). The lowest BCUT2D eigenvalue weighted by Crippen LogP contribution is -2.02. The van der Waals surface area contributed by atoms with Crippen LogP contribution in [0.5, 0.6) is 11.6 Å². The van der Waals surface area contributed by atoms with Crippen LogP contribution in [0.25, 0.3) is 0 Å². The molecular formula is C14H17N3O. The molecule has 4 heteroatoms. The van der Waals surface area contributed by atoms with Crippen LogP contribution in [0.15, 0.2) is 36.5 Å². The predicted octanol–water partition coefficient (Wildman–Crippen LogP) is 3.40. The topological polar surface area (TPSA) is 47.0 Å². The lowest BCUT2D eigenvalue weighted by Gasteiger charge is -2.08. The quantitative estimate of drug-likeness (QED) is 0.874. The number of rotatable bonds is 5. The fourth-order valence-electron chi connectivity index (χ4n) is 1.51. The zero-order valence-corrected chi connectivity index (χ0v) is 10.7. The monoisotopic (exact) mass is 243 g/mol. The maximum absolute atomic E-state index is 5.72. The molecule has 0 aliphatic heterocycles. The minimum absolute atomic E-state index is 0.576. The number of aryl methyl sites for hydroxylation is 1. The number of anilines is 1. The zero-order valence-electron chi connectivity index (χ0n) is 10.7. The fourth-order valence-corrected chi connectivity index (χ4v) is 1.51. The summed E-state index contributed by atoms with van der Waals surface area (Å²) in [6.45, 7) is 4.93. The molecule has 0 aliphatic carbocycles. The van der Waals surface area contributed by atoms with E-state index in [4.69, 9.17) is 4.74 Å². The number of nitrogens with one attached hydrogen (secondary N) is 1. The van der Waals surface area contributed by atoms with Crippen molar-refractivity contribution in [2.45, 2.75) is 20.3 Å². The first kappa shape index (κ1) is 12.4. The number of hydrogen-bond donors (Lipinski definition) is 1. The van der Waals surface area contributed by atoms with Crippen molar-refractivity contribution in [3.05, 3.63) is 42.2 Å². The molecule has 0 bridgehead atoms. The normalized spacial score (nSPS) is 10.1. The van der Waals surface area contributed by atoms with Crippen molar-refractivity contribution in [2.24, 2.45) is 0 Å². The maximum Gasteiger partial charge on any atom is 0.221 e. The van der Waals surface area contributed by atoms with Crippen molar-refractivity contribution < 1.29 is 4.74 Å². The minimum Gasteiger partial charge on any atom is -0.437 e. The number of pyridine rings is 2. The minimum atomic E-state index is 0.576. The van der Waals surface area contributed by atoms with Gasteiger partial charge < -0.3 is 10.1 Å². The van der Waals surface area contributed by atoms with Gasteiger partial charge in [-0.2, -0.15) is 4.98 Å². The van der Waals surface area contributed by atoms with E-state index < -0.39 is 0 Å².